The molecule has 0 heterocycles. The van der Waals surface area contributed by atoms with Crippen LogP contribution in [0.2, 0.25) is 0 Å². The van der Waals surface area contributed by atoms with E-state index in [2.05, 4.69) is 42.7 Å². The lowest BCUT2D eigenvalue weighted by atomic mass is 10.1. The van der Waals surface area contributed by atoms with Gasteiger partial charge in [0.1, 0.15) is 0 Å². The molecule has 0 rings (SSSR count). The molecule has 108 valence electrons. The van der Waals surface area contributed by atoms with Crippen molar-refractivity contribution in [2.45, 2.75) is 46.5 Å². The molecule has 0 amide bonds. The molecule has 0 bridgehead atoms. The summed E-state index contributed by atoms with van der Waals surface area (Å²) in [6.07, 6.45) is 7.10. The van der Waals surface area contributed by atoms with E-state index < -0.39 is 0 Å². The second-order valence-electron chi connectivity index (χ2n) is 4.92. The van der Waals surface area contributed by atoms with Gasteiger partial charge in [-0.3, -0.25) is 4.99 Å². The minimum Gasteiger partial charge on any atom is -0.357 e. The average molecular weight is 273 g/mol. The monoisotopic (exact) mass is 273 g/mol. The van der Waals surface area contributed by atoms with Gasteiger partial charge in [0.25, 0.3) is 0 Å². The zero-order valence-corrected chi connectivity index (χ0v) is 13.4. The fourth-order valence-electron chi connectivity index (χ4n) is 1.61. The van der Waals surface area contributed by atoms with E-state index in [0.29, 0.717) is 0 Å². The Hall–Kier alpha value is -0.380. The number of rotatable bonds is 10. The van der Waals surface area contributed by atoms with Gasteiger partial charge in [-0.05, 0) is 50.5 Å². The lowest BCUT2D eigenvalue weighted by molar-refractivity contribution is 0.560. The Kier molecular flexibility index (Phi) is 12.8. The van der Waals surface area contributed by atoms with E-state index in [-0.39, 0.29) is 0 Å². The molecule has 0 radical (unpaired) electrons. The maximum atomic E-state index is 4.59. The lowest BCUT2D eigenvalue weighted by Gasteiger charge is -2.11. The van der Waals surface area contributed by atoms with Gasteiger partial charge in [-0.15, -0.1) is 0 Å². The summed E-state index contributed by atoms with van der Waals surface area (Å²) in [4.78, 5) is 4.59. The first-order valence-corrected chi connectivity index (χ1v) is 8.61. The molecule has 0 fully saturated rings. The van der Waals surface area contributed by atoms with Gasteiger partial charge in [-0.1, -0.05) is 13.8 Å². The van der Waals surface area contributed by atoms with Crippen molar-refractivity contribution in [2.24, 2.45) is 10.9 Å². The van der Waals surface area contributed by atoms with E-state index in [1.54, 1.807) is 0 Å². The van der Waals surface area contributed by atoms with Crippen LogP contribution in [0.1, 0.15) is 46.5 Å². The van der Waals surface area contributed by atoms with Gasteiger partial charge >= 0.3 is 0 Å². The third kappa shape index (κ3) is 12.1. The molecular formula is C14H31N3S. The van der Waals surface area contributed by atoms with Gasteiger partial charge in [0, 0.05) is 19.6 Å². The first-order valence-electron chi connectivity index (χ1n) is 7.21. The van der Waals surface area contributed by atoms with Crippen LogP contribution >= 0.6 is 11.8 Å². The fourth-order valence-corrected chi connectivity index (χ4v) is 2.10. The minimum atomic E-state index is 0.780. The molecule has 0 aromatic carbocycles. The molecule has 0 atom stereocenters. The maximum Gasteiger partial charge on any atom is 0.191 e. The smallest absolute Gasteiger partial charge is 0.191 e. The number of thioether (sulfide) groups is 1. The van der Waals surface area contributed by atoms with Gasteiger partial charge < -0.3 is 10.6 Å². The number of hydrogen-bond donors (Lipinski definition) is 2. The predicted octanol–water partition coefficient (Wildman–Crippen LogP) is 3.12. The Labute approximate surface area is 118 Å². The van der Waals surface area contributed by atoms with Crippen molar-refractivity contribution in [3.8, 4) is 0 Å². The Bertz CT molecular complexity index is 205. The summed E-state index contributed by atoms with van der Waals surface area (Å²) in [5.41, 5.74) is 0. The highest BCUT2D eigenvalue weighted by Gasteiger charge is 1.97. The van der Waals surface area contributed by atoms with E-state index in [1.165, 1.54) is 31.4 Å². The summed E-state index contributed by atoms with van der Waals surface area (Å²) in [5.74, 6) is 3.01. The van der Waals surface area contributed by atoms with Gasteiger partial charge in [0.15, 0.2) is 5.96 Å². The molecule has 2 N–H and O–H groups in total. The van der Waals surface area contributed by atoms with Crippen molar-refractivity contribution < 1.29 is 0 Å². The quantitative estimate of drug-likeness (QED) is 0.365. The molecular weight excluding hydrogens is 242 g/mol. The second-order valence-corrected chi connectivity index (χ2v) is 5.91. The first kappa shape index (κ1) is 17.6. The summed E-state index contributed by atoms with van der Waals surface area (Å²) in [6, 6.07) is 0. The van der Waals surface area contributed by atoms with Crippen molar-refractivity contribution in [1.29, 1.82) is 0 Å². The Balaban J connectivity index is 3.71. The van der Waals surface area contributed by atoms with Crippen LogP contribution in [0.3, 0.4) is 0 Å². The van der Waals surface area contributed by atoms with Crippen LogP contribution in [0.25, 0.3) is 0 Å². The summed E-state index contributed by atoms with van der Waals surface area (Å²) in [5, 5.41) is 6.69. The third-order valence-electron chi connectivity index (χ3n) is 2.62. The molecule has 0 unspecified atom stereocenters. The first-order chi connectivity index (χ1) is 8.70. The van der Waals surface area contributed by atoms with Crippen LogP contribution in [-0.4, -0.2) is 37.6 Å². The molecule has 0 aromatic heterocycles. The second kappa shape index (κ2) is 13.1. The molecule has 18 heavy (non-hydrogen) atoms. The zero-order chi connectivity index (χ0) is 13.6. The molecule has 3 nitrogen and oxygen atoms in total. The molecule has 0 aliphatic rings. The molecule has 0 aliphatic heterocycles. The summed E-state index contributed by atoms with van der Waals surface area (Å²) < 4.78 is 0. The maximum absolute atomic E-state index is 4.59. The highest BCUT2D eigenvalue weighted by Crippen LogP contribution is 2.02. The normalized spacial score (nSPS) is 11.9. The van der Waals surface area contributed by atoms with Crippen LogP contribution < -0.4 is 10.6 Å². The standard InChI is InChI=1S/C14H31N3S/c1-5-15-14(16-10-6-7-12-18-4)17-11-8-9-13(2)3/h13H,5-12H2,1-4H3,(H2,15,16,17). The van der Waals surface area contributed by atoms with Crippen molar-refractivity contribution in [3.05, 3.63) is 0 Å². The predicted molar refractivity (Wildman–Crippen MR) is 85.7 cm³/mol. The molecule has 0 spiro atoms. The summed E-state index contributed by atoms with van der Waals surface area (Å²) >= 11 is 1.92. The van der Waals surface area contributed by atoms with Gasteiger partial charge in [-0.2, -0.15) is 11.8 Å². The molecule has 0 aromatic rings. The topological polar surface area (TPSA) is 36.4 Å². The van der Waals surface area contributed by atoms with Crippen molar-refractivity contribution >= 4 is 17.7 Å². The van der Waals surface area contributed by atoms with Crippen molar-refractivity contribution in [2.75, 3.05) is 31.6 Å². The third-order valence-corrected chi connectivity index (χ3v) is 3.32. The highest BCUT2D eigenvalue weighted by molar-refractivity contribution is 7.98. The van der Waals surface area contributed by atoms with Gasteiger partial charge in [0.05, 0.1) is 0 Å². The van der Waals surface area contributed by atoms with E-state index in [1.807, 2.05) is 11.8 Å². The van der Waals surface area contributed by atoms with Gasteiger partial charge in [-0.25, -0.2) is 0 Å². The number of nitrogens with zero attached hydrogens (tertiary/aromatic N) is 1. The molecule has 0 aliphatic carbocycles. The van der Waals surface area contributed by atoms with Crippen molar-refractivity contribution in [1.82, 2.24) is 10.6 Å². The van der Waals surface area contributed by atoms with E-state index in [9.17, 15) is 0 Å². The lowest BCUT2D eigenvalue weighted by Crippen LogP contribution is -2.37. The fraction of sp³-hybridized carbons (Fsp3) is 0.929. The number of aliphatic imine (C=N–C) groups is 1. The van der Waals surface area contributed by atoms with Crippen LogP contribution in [0, 0.1) is 5.92 Å². The zero-order valence-electron chi connectivity index (χ0n) is 12.6. The Morgan fingerprint density at radius 3 is 2.56 bits per heavy atom. The van der Waals surface area contributed by atoms with Crippen LogP contribution in [0.4, 0.5) is 0 Å². The minimum absolute atomic E-state index is 0.780. The largest absolute Gasteiger partial charge is 0.357 e. The van der Waals surface area contributed by atoms with Crippen LogP contribution in [-0.2, 0) is 0 Å². The number of nitrogens with one attached hydrogen (secondary N) is 2. The molecule has 0 saturated heterocycles. The highest BCUT2D eigenvalue weighted by atomic mass is 32.2. The van der Waals surface area contributed by atoms with E-state index >= 15 is 0 Å². The van der Waals surface area contributed by atoms with Crippen molar-refractivity contribution in [3.63, 3.8) is 0 Å². The average Bonchev–Trinajstić information content (AvgIpc) is 2.33. The summed E-state index contributed by atoms with van der Waals surface area (Å²) in [6.45, 7) is 9.52. The van der Waals surface area contributed by atoms with Crippen LogP contribution in [0.5, 0.6) is 0 Å². The van der Waals surface area contributed by atoms with Crippen LogP contribution in [0.15, 0.2) is 4.99 Å². The van der Waals surface area contributed by atoms with E-state index in [0.717, 1.165) is 31.5 Å². The Morgan fingerprint density at radius 2 is 1.94 bits per heavy atom. The number of unbranched alkanes of at least 4 members (excludes halogenated alkanes) is 1. The van der Waals surface area contributed by atoms with E-state index in [4.69, 9.17) is 0 Å². The SMILES string of the molecule is CCNC(=NCCCC(C)C)NCCCCSC. The van der Waals surface area contributed by atoms with Gasteiger partial charge in [0.2, 0.25) is 0 Å². The Morgan fingerprint density at radius 1 is 1.17 bits per heavy atom. The molecule has 4 heteroatoms. The molecule has 0 saturated carbocycles. The summed E-state index contributed by atoms with van der Waals surface area (Å²) in [7, 11) is 0. The number of guanidine groups is 1. The number of hydrogen-bond acceptors (Lipinski definition) is 2.